The number of benzene rings is 1. The molecule has 0 radical (unpaired) electrons. The van der Waals surface area contributed by atoms with E-state index in [1.807, 2.05) is 6.20 Å². The first kappa shape index (κ1) is 16.0. The first-order valence-corrected chi connectivity index (χ1v) is 8.94. The highest BCUT2D eigenvalue weighted by Crippen LogP contribution is 2.23. The molecule has 4 rings (SSSR count). The fourth-order valence-electron chi connectivity index (χ4n) is 3.52. The van der Waals surface area contributed by atoms with Gasteiger partial charge < -0.3 is 4.98 Å². The summed E-state index contributed by atoms with van der Waals surface area (Å²) in [6.07, 6.45) is 10.8. The van der Waals surface area contributed by atoms with Gasteiger partial charge in [-0.05, 0) is 43.8 Å². The van der Waals surface area contributed by atoms with E-state index in [9.17, 15) is 0 Å². The second kappa shape index (κ2) is 7.57. The molecule has 1 fully saturated rings. The Morgan fingerprint density at radius 3 is 2.68 bits per heavy atom. The molecule has 0 atom stereocenters. The SMILES string of the molecule is c1ccc(CC2CCN(Cc3c[nH]c(-c4cnccn4)n3)CC2)cc1. The molecule has 128 valence electrons. The number of rotatable bonds is 5. The Bertz CT molecular complexity index is 776. The maximum absolute atomic E-state index is 4.66. The summed E-state index contributed by atoms with van der Waals surface area (Å²) in [5, 5.41) is 0. The van der Waals surface area contributed by atoms with Crippen LogP contribution >= 0.6 is 0 Å². The quantitative estimate of drug-likeness (QED) is 0.778. The van der Waals surface area contributed by atoms with Gasteiger partial charge in [-0.3, -0.25) is 9.88 Å². The summed E-state index contributed by atoms with van der Waals surface area (Å²) in [6.45, 7) is 3.19. The van der Waals surface area contributed by atoms with Crippen LogP contribution in [0.4, 0.5) is 0 Å². The molecule has 1 N–H and O–H groups in total. The van der Waals surface area contributed by atoms with Crippen LogP contribution in [0.5, 0.6) is 0 Å². The van der Waals surface area contributed by atoms with Gasteiger partial charge in [-0.15, -0.1) is 0 Å². The van der Waals surface area contributed by atoms with Crippen LogP contribution in [0.1, 0.15) is 24.1 Å². The fourth-order valence-corrected chi connectivity index (χ4v) is 3.52. The van der Waals surface area contributed by atoms with Gasteiger partial charge in [0.2, 0.25) is 0 Å². The van der Waals surface area contributed by atoms with Crippen molar-refractivity contribution in [1.29, 1.82) is 0 Å². The number of likely N-dealkylation sites (tertiary alicyclic amines) is 1. The Morgan fingerprint density at radius 1 is 1.08 bits per heavy atom. The van der Waals surface area contributed by atoms with Crippen molar-refractivity contribution in [2.24, 2.45) is 5.92 Å². The number of imidazole rings is 1. The van der Waals surface area contributed by atoms with Crippen LogP contribution in [-0.2, 0) is 13.0 Å². The number of piperidine rings is 1. The van der Waals surface area contributed by atoms with Crippen LogP contribution in [0.2, 0.25) is 0 Å². The molecular weight excluding hydrogens is 310 g/mol. The van der Waals surface area contributed by atoms with Crippen molar-refractivity contribution in [3.05, 3.63) is 66.4 Å². The Hall–Kier alpha value is -2.53. The number of nitrogens with zero attached hydrogens (tertiary/aromatic N) is 4. The summed E-state index contributed by atoms with van der Waals surface area (Å²) in [4.78, 5) is 18.8. The molecule has 5 heteroatoms. The van der Waals surface area contributed by atoms with Gasteiger partial charge in [-0.1, -0.05) is 30.3 Å². The van der Waals surface area contributed by atoms with Gasteiger partial charge in [0.15, 0.2) is 5.82 Å². The Labute approximate surface area is 148 Å². The van der Waals surface area contributed by atoms with Crippen LogP contribution < -0.4 is 0 Å². The van der Waals surface area contributed by atoms with Gasteiger partial charge in [-0.2, -0.15) is 0 Å². The maximum atomic E-state index is 4.66. The standard InChI is InChI=1S/C20H23N5/c1-2-4-16(5-3-1)12-17-6-10-25(11-7-17)15-18-13-23-20(24-18)19-14-21-8-9-22-19/h1-5,8-9,13-14,17H,6-7,10-12,15H2,(H,23,24). The molecule has 1 aromatic carbocycles. The number of hydrogen-bond donors (Lipinski definition) is 1. The Balaban J connectivity index is 1.30. The van der Waals surface area contributed by atoms with Gasteiger partial charge in [0.1, 0.15) is 5.69 Å². The summed E-state index contributed by atoms with van der Waals surface area (Å²) in [7, 11) is 0. The number of nitrogens with one attached hydrogen (secondary N) is 1. The van der Waals surface area contributed by atoms with E-state index in [4.69, 9.17) is 0 Å². The van der Waals surface area contributed by atoms with Crippen molar-refractivity contribution in [3.8, 4) is 11.5 Å². The lowest BCUT2D eigenvalue weighted by molar-refractivity contribution is 0.175. The van der Waals surface area contributed by atoms with Crippen molar-refractivity contribution >= 4 is 0 Å². The molecule has 0 aliphatic carbocycles. The molecule has 1 saturated heterocycles. The van der Waals surface area contributed by atoms with E-state index in [1.165, 1.54) is 24.8 Å². The normalized spacial score (nSPS) is 16.2. The summed E-state index contributed by atoms with van der Waals surface area (Å²) >= 11 is 0. The average Bonchev–Trinajstić information content (AvgIpc) is 3.14. The molecule has 1 aliphatic heterocycles. The van der Waals surface area contributed by atoms with E-state index in [1.54, 1.807) is 18.6 Å². The second-order valence-corrected chi connectivity index (χ2v) is 6.74. The molecule has 3 heterocycles. The minimum absolute atomic E-state index is 0.787. The van der Waals surface area contributed by atoms with Crippen molar-refractivity contribution in [1.82, 2.24) is 24.8 Å². The minimum atomic E-state index is 0.787. The largest absolute Gasteiger partial charge is 0.343 e. The van der Waals surface area contributed by atoms with Crippen LogP contribution in [0.15, 0.2) is 55.1 Å². The second-order valence-electron chi connectivity index (χ2n) is 6.74. The van der Waals surface area contributed by atoms with Crippen LogP contribution in [0.25, 0.3) is 11.5 Å². The van der Waals surface area contributed by atoms with Crippen LogP contribution in [0, 0.1) is 5.92 Å². The zero-order valence-corrected chi connectivity index (χ0v) is 14.3. The zero-order valence-electron chi connectivity index (χ0n) is 14.3. The molecule has 25 heavy (non-hydrogen) atoms. The smallest absolute Gasteiger partial charge is 0.157 e. The molecule has 5 nitrogen and oxygen atoms in total. The van der Waals surface area contributed by atoms with Crippen molar-refractivity contribution in [2.75, 3.05) is 13.1 Å². The van der Waals surface area contributed by atoms with Gasteiger partial charge >= 0.3 is 0 Å². The van der Waals surface area contributed by atoms with E-state index in [0.29, 0.717) is 0 Å². The number of H-pyrrole nitrogens is 1. The maximum Gasteiger partial charge on any atom is 0.157 e. The highest BCUT2D eigenvalue weighted by atomic mass is 15.1. The zero-order chi connectivity index (χ0) is 16.9. The number of aromatic nitrogens is 4. The highest BCUT2D eigenvalue weighted by molar-refractivity contribution is 5.47. The molecule has 1 aliphatic rings. The van der Waals surface area contributed by atoms with E-state index < -0.39 is 0 Å². The van der Waals surface area contributed by atoms with E-state index in [0.717, 1.165) is 42.8 Å². The molecule has 0 bridgehead atoms. The van der Waals surface area contributed by atoms with E-state index >= 15 is 0 Å². The number of hydrogen-bond acceptors (Lipinski definition) is 4. The summed E-state index contributed by atoms with van der Waals surface area (Å²) in [5.41, 5.74) is 3.32. The lowest BCUT2D eigenvalue weighted by Crippen LogP contribution is -2.33. The van der Waals surface area contributed by atoms with Crippen LogP contribution in [0.3, 0.4) is 0 Å². The van der Waals surface area contributed by atoms with Gasteiger partial charge in [-0.25, -0.2) is 9.97 Å². The van der Waals surface area contributed by atoms with Crippen LogP contribution in [-0.4, -0.2) is 37.9 Å². The summed E-state index contributed by atoms with van der Waals surface area (Å²) < 4.78 is 0. The third-order valence-corrected chi connectivity index (χ3v) is 4.90. The lowest BCUT2D eigenvalue weighted by atomic mass is 9.90. The third-order valence-electron chi connectivity index (χ3n) is 4.90. The highest BCUT2D eigenvalue weighted by Gasteiger charge is 2.20. The van der Waals surface area contributed by atoms with Crippen molar-refractivity contribution < 1.29 is 0 Å². The van der Waals surface area contributed by atoms with Crippen molar-refractivity contribution in [2.45, 2.75) is 25.8 Å². The molecule has 2 aromatic heterocycles. The molecule has 0 spiro atoms. The summed E-state index contributed by atoms with van der Waals surface area (Å²) in [6, 6.07) is 10.8. The molecule has 3 aromatic rings. The van der Waals surface area contributed by atoms with E-state index in [-0.39, 0.29) is 0 Å². The van der Waals surface area contributed by atoms with Crippen molar-refractivity contribution in [3.63, 3.8) is 0 Å². The van der Waals surface area contributed by atoms with Gasteiger partial charge in [0.05, 0.1) is 11.9 Å². The molecular formula is C20H23N5. The lowest BCUT2D eigenvalue weighted by Gasteiger charge is -2.31. The Morgan fingerprint density at radius 2 is 1.92 bits per heavy atom. The molecule has 0 saturated carbocycles. The predicted octanol–water partition coefficient (Wildman–Crippen LogP) is 3.32. The fraction of sp³-hybridized carbons (Fsp3) is 0.350. The first-order chi connectivity index (χ1) is 12.4. The minimum Gasteiger partial charge on any atom is -0.343 e. The van der Waals surface area contributed by atoms with Gasteiger partial charge in [0.25, 0.3) is 0 Å². The first-order valence-electron chi connectivity index (χ1n) is 8.94. The average molecular weight is 333 g/mol. The summed E-state index contributed by atoms with van der Waals surface area (Å²) in [5.74, 6) is 1.59. The molecule has 0 amide bonds. The monoisotopic (exact) mass is 333 g/mol. The number of aromatic amines is 1. The topological polar surface area (TPSA) is 57.7 Å². The third kappa shape index (κ3) is 4.12. The Kier molecular flexibility index (Phi) is 4.84. The van der Waals surface area contributed by atoms with Gasteiger partial charge in [0, 0.05) is 25.1 Å². The predicted molar refractivity (Wildman–Crippen MR) is 97.8 cm³/mol. The van der Waals surface area contributed by atoms with E-state index in [2.05, 4.69) is 55.2 Å². The molecule has 0 unspecified atom stereocenters.